The van der Waals surface area contributed by atoms with Gasteiger partial charge >= 0.3 is 5.97 Å². The van der Waals surface area contributed by atoms with Gasteiger partial charge in [-0.05, 0) is 12.8 Å². The Morgan fingerprint density at radius 2 is 2.00 bits per heavy atom. The molecule has 1 N–H and O–H groups in total. The van der Waals surface area contributed by atoms with E-state index in [0.29, 0.717) is 12.5 Å². The van der Waals surface area contributed by atoms with Gasteiger partial charge in [0.1, 0.15) is 0 Å². The predicted molar refractivity (Wildman–Crippen MR) is 42.0 cm³/mol. The summed E-state index contributed by atoms with van der Waals surface area (Å²) in [5, 5.41) is 8.57. The monoisotopic (exact) mass is 160 g/mol. The summed E-state index contributed by atoms with van der Waals surface area (Å²) in [5.41, 5.74) is 0. The number of rotatable bonds is 4. The third-order valence-corrected chi connectivity index (χ3v) is 1.24. The van der Waals surface area contributed by atoms with E-state index in [1.165, 1.54) is 0 Å². The average molecular weight is 160 g/mol. The molecule has 0 radical (unpaired) electrons. The molecule has 11 heavy (non-hydrogen) atoms. The van der Waals surface area contributed by atoms with Crippen LogP contribution in [-0.4, -0.2) is 24.3 Å². The Hall–Kier alpha value is -0.570. The third-order valence-electron chi connectivity index (χ3n) is 1.24. The molecule has 0 aliphatic rings. The predicted octanol–water partition coefficient (Wildman–Crippen LogP) is 0.814. The van der Waals surface area contributed by atoms with Gasteiger partial charge in [-0.25, -0.2) is 0 Å². The fourth-order valence-corrected chi connectivity index (χ4v) is 0.466. The summed E-state index contributed by atoms with van der Waals surface area (Å²) in [6.45, 7) is 5.87. The van der Waals surface area contributed by atoms with Gasteiger partial charge in [-0.2, -0.15) is 0 Å². The summed E-state index contributed by atoms with van der Waals surface area (Å²) in [5.74, 6) is -0.361. The smallest absolute Gasteiger partial charge is 0.310 e. The van der Waals surface area contributed by atoms with Crippen LogP contribution in [0.1, 0.15) is 20.8 Å². The number of ether oxygens (including phenoxy) is 1. The number of aliphatic hydroxyl groups excluding tert-OH is 1. The van der Waals surface area contributed by atoms with Gasteiger partial charge in [0.15, 0.2) is 0 Å². The number of hydrogen-bond acceptors (Lipinski definition) is 3. The van der Waals surface area contributed by atoms with Crippen LogP contribution in [0.15, 0.2) is 0 Å². The van der Waals surface area contributed by atoms with Crippen LogP contribution in [0, 0.1) is 11.8 Å². The second-order valence-corrected chi connectivity index (χ2v) is 3.11. The SMILES string of the molecule is CC(C)COC(=O)C(C)CO. The number of esters is 1. The van der Waals surface area contributed by atoms with Gasteiger partial charge in [0.25, 0.3) is 0 Å². The van der Waals surface area contributed by atoms with E-state index in [0.717, 1.165) is 0 Å². The fourth-order valence-electron chi connectivity index (χ4n) is 0.466. The molecule has 0 aromatic heterocycles. The van der Waals surface area contributed by atoms with Crippen molar-refractivity contribution in [2.45, 2.75) is 20.8 Å². The zero-order valence-electron chi connectivity index (χ0n) is 7.33. The molecule has 1 unspecified atom stereocenters. The van der Waals surface area contributed by atoms with Crippen LogP contribution in [0.5, 0.6) is 0 Å². The van der Waals surface area contributed by atoms with E-state index in [2.05, 4.69) is 0 Å². The van der Waals surface area contributed by atoms with Crippen molar-refractivity contribution < 1.29 is 14.6 Å². The summed E-state index contributed by atoms with van der Waals surface area (Å²) < 4.78 is 4.86. The first kappa shape index (κ1) is 10.4. The molecule has 0 amide bonds. The van der Waals surface area contributed by atoms with E-state index >= 15 is 0 Å². The highest BCUT2D eigenvalue weighted by molar-refractivity contribution is 5.72. The molecule has 0 rings (SSSR count). The van der Waals surface area contributed by atoms with Gasteiger partial charge in [-0.3, -0.25) is 4.79 Å². The molecular weight excluding hydrogens is 144 g/mol. The minimum absolute atomic E-state index is 0.142. The zero-order chi connectivity index (χ0) is 8.85. The van der Waals surface area contributed by atoms with Crippen LogP contribution in [0.3, 0.4) is 0 Å². The Labute approximate surface area is 67.4 Å². The summed E-state index contributed by atoms with van der Waals surface area (Å²) >= 11 is 0. The summed E-state index contributed by atoms with van der Waals surface area (Å²) in [4.78, 5) is 10.9. The highest BCUT2D eigenvalue weighted by atomic mass is 16.5. The molecule has 3 heteroatoms. The first-order chi connectivity index (χ1) is 5.07. The topological polar surface area (TPSA) is 46.5 Å². The van der Waals surface area contributed by atoms with Crippen molar-refractivity contribution in [2.75, 3.05) is 13.2 Å². The molecule has 0 aliphatic heterocycles. The highest BCUT2D eigenvalue weighted by Crippen LogP contribution is 1.99. The Morgan fingerprint density at radius 3 is 2.36 bits per heavy atom. The van der Waals surface area contributed by atoms with Crippen molar-refractivity contribution in [1.82, 2.24) is 0 Å². The van der Waals surface area contributed by atoms with Gasteiger partial charge in [-0.15, -0.1) is 0 Å². The van der Waals surface area contributed by atoms with Crippen LogP contribution in [0.25, 0.3) is 0 Å². The molecule has 0 saturated heterocycles. The molecule has 0 fully saturated rings. The van der Waals surface area contributed by atoms with Crippen LogP contribution in [0.2, 0.25) is 0 Å². The first-order valence-corrected chi connectivity index (χ1v) is 3.85. The van der Waals surface area contributed by atoms with Crippen molar-refractivity contribution >= 4 is 5.97 Å². The Kier molecular flexibility index (Phi) is 4.86. The number of hydrogen-bond donors (Lipinski definition) is 1. The normalized spacial score (nSPS) is 13.2. The van der Waals surface area contributed by atoms with Crippen molar-refractivity contribution in [2.24, 2.45) is 11.8 Å². The molecule has 1 atom stereocenters. The van der Waals surface area contributed by atoms with Crippen LogP contribution >= 0.6 is 0 Å². The quantitative estimate of drug-likeness (QED) is 0.619. The minimum Gasteiger partial charge on any atom is -0.465 e. The Morgan fingerprint density at radius 1 is 1.45 bits per heavy atom. The lowest BCUT2D eigenvalue weighted by molar-refractivity contribution is -0.150. The minimum atomic E-state index is -0.395. The third kappa shape index (κ3) is 4.79. The molecular formula is C8H16O3. The number of aliphatic hydroxyl groups is 1. The van der Waals surface area contributed by atoms with E-state index in [-0.39, 0.29) is 12.6 Å². The summed E-state index contributed by atoms with van der Waals surface area (Å²) in [7, 11) is 0. The van der Waals surface area contributed by atoms with Gasteiger partial charge in [0.05, 0.1) is 19.1 Å². The van der Waals surface area contributed by atoms with Gasteiger partial charge in [0, 0.05) is 0 Å². The molecule has 0 aromatic rings. The van der Waals surface area contributed by atoms with E-state index in [1.807, 2.05) is 13.8 Å². The lowest BCUT2D eigenvalue weighted by atomic mass is 10.2. The second kappa shape index (κ2) is 5.13. The number of carbonyl (C=O) groups excluding carboxylic acids is 1. The fraction of sp³-hybridized carbons (Fsp3) is 0.875. The second-order valence-electron chi connectivity index (χ2n) is 3.11. The number of carbonyl (C=O) groups is 1. The van der Waals surface area contributed by atoms with Crippen molar-refractivity contribution in [3.8, 4) is 0 Å². The molecule has 0 aromatic carbocycles. The summed E-state index contributed by atoms with van der Waals surface area (Å²) in [6, 6.07) is 0. The molecule has 3 nitrogen and oxygen atoms in total. The molecule has 0 heterocycles. The lowest BCUT2D eigenvalue weighted by Crippen LogP contribution is -2.20. The van der Waals surface area contributed by atoms with Crippen molar-refractivity contribution in [3.05, 3.63) is 0 Å². The van der Waals surface area contributed by atoms with Gasteiger partial charge < -0.3 is 9.84 Å². The van der Waals surface area contributed by atoms with Crippen LogP contribution in [-0.2, 0) is 9.53 Å². The first-order valence-electron chi connectivity index (χ1n) is 3.85. The Bertz CT molecular complexity index is 121. The standard InChI is InChI=1S/C8H16O3/c1-6(2)5-11-8(10)7(3)4-9/h6-7,9H,4-5H2,1-3H3. The molecule has 0 bridgehead atoms. The highest BCUT2D eigenvalue weighted by Gasteiger charge is 2.12. The van der Waals surface area contributed by atoms with Gasteiger partial charge in [0.2, 0.25) is 0 Å². The molecule has 0 spiro atoms. The van der Waals surface area contributed by atoms with Crippen LogP contribution < -0.4 is 0 Å². The van der Waals surface area contributed by atoms with E-state index in [1.54, 1.807) is 6.92 Å². The molecule has 0 aliphatic carbocycles. The summed E-state index contributed by atoms with van der Waals surface area (Å²) in [6.07, 6.45) is 0. The zero-order valence-corrected chi connectivity index (χ0v) is 7.33. The maximum Gasteiger partial charge on any atom is 0.310 e. The molecule has 0 saturated carbocycles. The Balaban J connectivity index is 3.52. The largest absolute Gasteiger partial charge is 0.465 e. The maximum atomic E-state index is 10.9. The average Bonchev–Trinajstić information content (AvgIpc) is 1.98. The lowest BCUT2D eigenvalue weighted by Gasteiger charge is -2.09. The van der Waals surface area contributed by atoms with E-state index < -0.39 is 5.92 Å². The van der Waals surface area contributed by atoms with E-state index in [4.69, 9.17) is 9.84 Å². The maximum absolute atomic E-state index is 10.9. The van der Waals surface area contributed by atoms with E-state index in [9.17, 15) is 4.79 Å². The molecule has 66 valence electrons. The van der Waals surface area contributed by atoms with Crippen LogP contribution in [0.4, 0.5) is 0 Å². The van der Waals surface area contributed by atoms with Crippen molar-refractivity contribution in [3.63, 3.8) is 0 Å². The van der Waals surface area contributed by atoms with Crippen molar-refractivity contribution in [1.29, 1.82) is 0 Å². The van der Waals surface area contributed by atoms with Gasteiger partial charge in [-0.1, -0.05) is 13.8 Å².